The van der Waals surface area contributed by atoms with Crippen molar-refractivity contribution in [1.29, 1.82) is 0 Å². The monoisotopic (exact) mass is 258 g/mol. The number of benzene rings is 1. The zero-order valence-electron chi connectivity index (χ0n) is 12.1. The van der Waals surface area contributed by atoms with Crippen molar-refractivity contribution in [2.24, 2.45) is 5.92 Å². The Morgan fingerprint density at radius 1 is 1.32 bits per heavy atom. The van der Waals surface area contributed by atoms with Gasteiger partial charge in [0.2, 0.25) is 0 Å². The minimum Gasteiger partial charge on any atom is -0.312 e. The summed E-state index contributed by atoms with van der Waals surface area (Å²) in [5.74, 6) is 0.948. The zero-order chi connectivity index (χ0) is 13.1. The van der Waals surface area contributed by atoms with Crippen LogP contribution in [0, 0.1) is 5.92 Å². The first-order valence-corrected chi connectivity index (χ1v) is 7.89. The number of nitrogens with one attached hydrogen (secondary N) is 1. The van der Waals surface area contributed by atoms with Crippen LogP contribution in [0.5, 0.6) is 0 Å². The van der Waals surface area contributed by atoms with E-state index < -0.39 is 0 Å². The second kappa shape index (κ2) is 6.06. The van der Waals surface area contributed by atoms with E-state index in [1.807, 2.05) is 0 Å². The molecule has 1 aromatic carbocycles. The number of rotatable bonds is 4. The summed E-state index contributed by atoms with van der Waals surface area (Å²) in [5.41, 5.74) is 4.57. The summed E-state index contributed by atoms with van der Waals surface area (Å²) < 4.78 is 0. The second-order valence-electron chi connectivity index (χ2n) is 6.21. The Morgan fingerprint density at radius 3 is 3.16 bits per heavy atom. The van der Waals surface area contributed by atoms with Crippen LogP contribution in [-0.4, -0.2) is 24.5 Å². The molecule has 1 saturated heterocycles. The quantitative estimate of drug-likeness (QED) is 0.893. The molecule has 0 amide bonds. The normalized spacial score (nSPS) is 23.5. The third-order valence-corrected chi connectivity index (χ3v) is 4.63. The Kier molecular flexibility index (Phi) is 4.19. The maximum Gasteiger partial charge on any atom is 0.0233 e. The molecule has 1 unspecified atom stereocenters. The highest BCUT2D eigenvalue weighted by molar-refractivity contribution is 5.33. The van der Waals surface area contributed by atoms with Gasteiger partial charge in [-0.3, -0.25) is 4.90 Å². The van der Waals surface area contributed by atoms with Crippen LogP contribution in [0.3, 0.4) is 0 Å². The first-order valence-electron chi connectivity index (χ1n) is 7.89. The maximum atomic E-state index is 3.47. The van der Waals surface area contributed by atoms with Gasteiger partial charge in [-0.25, -0.2) is 0 Å². The van der Waals surface area contributed by atoms with Crippen LogP contribution in [0.25, 0.3) is 0 Å². The lowest BCUT2D eigenvalue weighted by molar-refractivity contribution is 0.313. The van der Waals surface area contributed by atoms with Crippen LogP contribution < -0.4 is 5.32 Å². The number of likely N-dealkylation sites (tertiary alicyclic amines) is 1. The van der Waals surface area contributed by atoms with Crippen molar-refractivity contribution in [3.8, 4) is 0 Å². The Morgan fingerprint density at radius 2 is 2.26 bits per heavy atom. The topological polar surface area (TPSA) is 15.3 Å². The van der Waals surface area contributed by atoms with Gasteiger partial charge in [-0.1, -0.05) is 31.5 Å². The zero-order valence-corrected chi connectivity index (χ0v) is 12.1. The summed E-state index contributed by atoms with van der Waals surface area (Å²) in [6.45, 7) is 8.24. The number of fused-ring (bicyclic) bond motifs is 1. The van der Waals surface area contributed by atoms with Gasteiger partial charge in [0, 0.05) is 19.6 Å². The van der Waals surface area contributed by atoms with Crippen LogP contribution in [0.1, 0.15) is 42.9 Å². The average Bonchev–Trinajstić information content (AvgIpc) is 2.86. The predicted molar refractivity (Wildman–Crippen MR) is 80.1 cm³/mol. The molecule has 0 saturated carbocycles. The van der Waals surface area contributed by atoms with Crippen molar-refractivity contribution in [3.05, 3.63) is 34.9 Å². The fraction of sp³-hybridized carbons (Fsp3) is 0.647. The molecule has 1 aromatic rings. The lowest BCUT2D eigenvalue weighted by Crippen LogP contribution is -2.24. The van der Waals surface area contributed by atoms with E-state index in [-0.39, 0.29) is 0 Å². The first-order chi connectivity index (χ1) is 9.35. The molecule has 0 radical (unpaired) electrons. The highest BCUT2D eigenvalue weighted by Gasteiger charge is 2.21. The molecule has 0 spiro atoms. The third-order valence-electron chi connectivity index (χ3n) is 4.63. The van der Waals surface area contributed by atoms with Gasteiger partial charge in [-0.05, 0) is 55.0 Å². The molecule has 0 aromatic heterocycles. The second-order valence-corrected chi connectivity index (χ2v) is 6.21. The lowest BCUT2D eigenvalue weighted by atomic mass is 9.98. The molecule has 19 heavy (non-hydrogen) atoms. The predicted octanol–water partition coefficient (Wildman–Crippen LogP) is 2.95. The molecule has 2 aliphatic heterocycles. The highest BCUT2D eigenvalue weighted by Crippen LogP contribution is 2.23. The molecular formula is C17H26N2. The van der Waals surface area contributed by atoms with Crippen molar-refractivity contribution in [1.82, 2.24) is 10.2 Å². The molecule has 0 aliphatic carbocycles. The molecular weight excluding hydrogens is 232 g/mol. The van der Waals surface area contributed by atoms with E-state index in [1.54, 1.807) is 5.56 Å². The fourth-order valence-electron chi connectivity index (χ4n) is 3.59. The van der Waals surface area contributed by atoms with Gasteiger partial charge in [-0.15, -0.1) is 0 Å². The number of nitrogens with zero attached hydrogens (tertiary/aromatic N) is 1. The van der Waals surface area contributed by atoms with E-state index in [2.05, 4.69) is 35.3 Å². The number of hydrogen-bond acceptors (Lipinski definition) is 2. The van der Waals surface area contributed by atoms with Crippen molar-refractivity contribution in [2.45, 2.75) is 45.7 Å². The van der Waals surface area contributed by atoms with Crippen LogP contribution in [-0.2, 0) is 19.5 Å². The Bertz CT molecular complexity index is 427. The molecule has 104 valence electrons. The summed E-state index contributed by atoms with van der Waals surface area (Å²) in [7, 11) is 0. The van der Waals surface area contributed by atoms with Crippen LogP contribution in [0.4, 0.5) is 0 Å². The summed E-state index contributed by atoms with van der Waals surface area (Å²) >= 11 is 0. The van der Waals surface area contributed by atoms with E-state index in [4.69, 9.17) is 0 Å². The van der Waals surface area contributed by atoms with E-state index in [9.17, 15) is 0 Å². The fourth-order valence-corrected chi connectivity index (χ4v) is 3.59. The molecule has 2 heterocycles. The minimum atomic E-state index is 0.948. The molecule has 2 aliphatic rings. The van der Waals surface area contributed by atoms with Gasteiger partial charge >= 0.3 is 0 Å². The smallest absolute Gasteiger partial charge is 0.0233 e. The average molecular weight is 258 g/mol. The third kappa shape index (κ3) is 3.18. The van der Waals surface area contributed by atoms with Crippen LogP contribution in [0.15, 0.2) is 18.2 Å². The van der Waals surface area contributed by atoms with E-state index in [0.29, 0.717) is 0 Å². The summed E-state index contributed by atoms with van der Waals surface area (Å²) in [6, 6.07) is 7.12. The Balaban J connectivity index is 1.61. The maximum absolute atomic E-state index is 3.47. The van der Waals surface area contributed by atoms with Gasteiger partial charge in [0.25, 0.3) is 0 Å². The van der Waals surface area contributed by atoms with Crippen LogP contribution in [0.2, 0.25) is 0 Å². The van der Waals surface area contributed by atoms with E-state index >= 15 is 0 Å². The summed E-state index contributed by atoms with van der Waals surface area (Å²) in [6.07, 6.45) is 5.34. The largest absolute Gasteiger partial charge is 0.312 e. The molecule has 2 nitrogen and oxygen atoms in total. The van der Waals surface area contributed by atoms with Gasteiger partial charge in [0.1, 0.15) is 0 Å². The first kappa shape index (κ1) is 13.1. The van der Waals surface area contributed by atoms with Gasteiger partial charge < -0.3 is 5.32 Å². The Labute approximate surface area is 117 Å². The van der Waals surface area contributed by atoms with Gasteiger partial charge in [-0.2, -0.15) is 0 Å². The molecule has 0 bridgehead atoms. The van der Waals surface area contributed by atoms with Crippen LogP contribution >= 0.6 is 0 Å². The van der Waals surface area contributed by atoms with E-state index in [0.717, 1.165) is 25.6 Å². The van der Waals surface area contributed by atoms with Gasteiger partial charge in [0.15, 0.2) is 0 Å². The summed E-state index contributed by atoms with van der Waals surface area (Å²) in [4.78, 5) is 2.64. The lowest BCUT2D eigenvalue weighted by Gasteiger charge is -2.20. The van der Waals surface area contributed by atoms with Gasteiger partial charge in [0.05, 0.1) is 0 Å². The van der Waals surface area contributed by atoms with Crippen molar-refractivity contribution >= 4 is 0 Å². The van der Waals surface area contributed by atoms with Crippen molar-refractivity contribution in [3.63, 3.8) is 0 Å². The molecule has 2 heteroatoms. The van der Waals surface area contributed by atoms with E-state index in [1.165, 1.54) is 49.9 Å². The van der Waals surface area contributed by atoms with Crippen molar-refractivity contribution < 1.29 is 0 Å². The standard InChI is InChI=1S/C17H26N2/c1-2-3-14-7-9-19(12-14)13-15-4-5-16-6-8-18-11-17(16)10-15/h4-5,10,14,18H,2-3,6-9,11-13H2,1H3. The Hall–Kier alpha value is -0.860. The molecule has 1 fully saturated rings. The molecule has 1 N–H and O–H groups in total. The number of hydrogen-bond donors (Lipinski definition) is 1. The summed E-state index contributed by atoms with van der Waals surface area (Å²) in [5, 5.41) is 3.47. The highest BCUT2D eigenvalue weighted by atomic mass is 15.1. The molecule has 1 atom stereocenters. The minimum absolute atomic E-state index is 0.948. The van der Waals surface area contributed by atoms with Crippen molar-refractivity contribution in [2.75, 3.05) is 19.6 Å². The SMILES string of the molecule is CCCC1CCN(Cc2ccc3c(c2)CNCC3)C1. The molecule has 3 rings (SSSR count).